The quantitative estimate of drug-likeness (QED) is 0.906. The van der Waals surface area contributed by atoms with Crippen LogP contribution in [0.1, 0.15) is 15.9 Å². The third-order valence-electron chi connectivity index (χ3n) is 2.98. The Morgan fingerprint density at radius 3 is 2.24 bits per heavy atom. The number of nitrogens with one attached hydrogen (secondary N) is 1. The summed E-state index contributed by atoms with van der Waals surface area (Å²) in [5.41, 5.74) is 2.22. The highest BCUT2D eigenvalue weighted by Crippen LogP contribution is 2.27. The maximum Gasteiger partial charge on any atom is 0.256 e. The zero-order chi connectivity index (χ0) is 15.4. The largest absolute Gasteiger partial charge is 0.497 e. The van der Waals surface area contributed by atoms with Gasteiger partial charge >= 0.3 is 0 Å². The Morgan fingerprint density at radius 1 is 1.05 bits per heavy atom. The van der Waals surface area contributed by atoms with Crippen LogP contribution in [0.2, 0.25) is 0 Å². The molecule has 0 saturated carbocycles. The van der Waals surface area contributed by atoms with Crippen LogP contribution >= 0.6 is 15.9 Å². The molecule has 2 aromatic rings. The average molecular weight is 350 g/mol. The molecular weight excluding hydrogens is 334 g/mol. The summed E-state index contributed by atoms with van der Waals surface area (Å²) in [5, 5.41) is 2.85. The van der Waals surface area contributed by atoms with Gasteiger partial charge in [0, 0.05) is 28.4 Å². The summed E-state index contributed by atoms with van der Waals surface area (Å²) < 4.78 is 11.1. The minimum absolute atomic E-state index is 0.194. The molecule has 0 heterocycles. The van der Waals surface area contributed by atoms with Crippen molar-refractivity contribution in [1.82, 2.24) is 0 Å². The lowest BCUT2D eigenvalue weighted by molar-refractivity contribution is 0.102. The predicted octanol–water partition coefficient (Wildman–Crippen LogP) is 4.03. The van der Waals surface area contributed by atoms with Crippen LogP contribution < -0.4 is 14.8 Å². The average Bonchev–Trinajstić information content (AvgIpc) is 2.49. The zero-order valence-corrected chi connectivity index (χ0v) is 13.7. The minimum Gasteiger partial charge on any atom is -0.497 e. The van der Waals surface area contributed by atoms with Crippen LogP contribution in [0.25, 0.3) is 0 Å². The van der Waals surface area contributed by atoms with E-state index in [9.17, 15) is 4.79 Å². The molecule has 110 valence electrons. The van der Waals surface area contributed by atoms with Crippen LogP contribution in [0.4, 0.5) is 5.69 Å². The lowest BCUT2D eigenvalue weighted by atomic mass is 10.1. The van der Waals surface area contributed by atoms with Crippen LogP contribution in [0.5, 0.6) is 11.5 Å². The van der Waals surface area contributed by atoms with Gasteiger partial charge in [0.25, 0.3) is 5.91 Å². The van der Waals surface area contributed by atoms with Gasteiger partial charge in [-0.05, 0) is 35.0 Å². The molecule has 0 atom stereocenters. The number of anilines is 1. The van der Waals surface area contributed by atoms with E-state index in [0.717, 1.165) is 10.0 Å². The van der Waals surface area contributed by atoms with Crippen molar-refractivity contribution in [2.75, 3.05) is 19.5 Å². The third-order valence-corrected chi connectivity index (χ3v) is 3.67. The molecule has 0 aliphatic carbocycles. The second-order valence-electron chi connectivity index (χ2n) is 4.54. The van der Waals surface area contributed by atoms with E-state index in [2.05, 4.69) is 21.2 Å². The number of halogens is 1. The number of aryl methyl sites for hydroxylation is 1. The molecular formula is C16H16BrNO3. The minimum atomic E-state index is -0.194. The van der Waals surface area contributed by atoms with Crippen molar-refractivity contribution >= 4 is 27.5 Å². The van der Waals surface area contributed by atoms with Crippen LogP contribution in [0.15, 0.2) is 40.9 Å². The molecule has 4 nitrogen and oxygen atoms in total. The Balaban J connectivity index is 2.28. The maximum absolute atomic E-state index is 12.4. The number of carbonyl (C=O) groups excluding carboxylic acids is 1. The number of hydrogen-bond donors (Lipinski definition) is 1. The van der Waals surface area contributed by atoms with Crippen molar-refractivity contribution in [3.05, 3.63) is 52.0 Å². The second-order valence-corrected chi connectivity index (χ2v) is 5.39. The van der Waals surface area contributed by atoms with Crippen LogP contribution in [0.3, 0.4) is 0 Å². The lowest BCUT2D eigenvalue weighted by Crippen LogP contribution is -2.13. The van der Waals surface area contributed by atoms with Gasteiger partial charge in [0.1, 0.15) is 11.5 Å². The molecule has 0 radical (unpaired) electrons. The fourth-order valence-corrected chi connectivity index (χ4v) is 2.32. The standard InChI is InChI=1S/C16H16BrNO3/c1-10-4-5-15(17)14(6-10)16(19)18-11-7-12(20-2)9-13(8-11)21-3/h4-9H,1-3H3,(H,18,19). The number of ether oxygens (including phenoxy) is 2. The molecule has 0 spiro atoms. The molecule has 0 bridgehead atoms. The first-order chi connectivity index (χ1) is 10.0. The Bertz CT molecular complexity index is 648. The van der Waals surface area contributed by atoms with Crippen molar-refractivity contribution in [3.8, 4) is 11.5 Å². The molecule has 0 fully saturated rings. The molecule has 2 rings (SSSR count). The summed E-state index contributed by atoms with van der Waals surface area (Å²) >= 11 is 3.39. The van der Waals surface area contributed by atoms with Crippen LogP contribution in [-0.2, 0) is 0 Å². The number of methoxy groups -OCH3 is 2. The number of hydrogen-bond acceptors (Lipinski definition) is 3. The number of carbonyl (C=O) groups is 1. The Morgan fingerprint density at radius 2 is 1.67 bits per heavy atom. The molecule has 1 N–H and O–H groups in total. The second kappa shape index (κ2) is 6.63. The summed E-state index contributed by atoms with van der Waals surface area (Å²) in [5.74, 6) is 1.04. The fourth-order valence-electron chi connectivity index (χ4n) is 1.89. The van der Waals surface area contributed by atoms with Crippen molar-refractivity contribution in [2.24, 2.45) is 0 Å². The SMILES string of the molecule is COc1cc(NC(=O)c2cc(C)ccc2Br)cc(OC)c1. The van der Waals surface area contributed by atoms with Crippen molar-refractivity contribution in [1.29, 1.82) is 0 Å². The van der Waals surface area contributed by atoms with Gasteiger partial charge < -0.3 is 14.8 Å². The van der Waals surface area contributed by atoms with Crippen molar-refractivity contribution in [2.45, 2.75) is 6.92 Å². The summed E-state index contributed by atoms with van der Waals surface area (Å²) in [4.78, 5) is 12.4. The van der Waals surface area contributed by atoms with Gasteiger partial charge in [0.2, 0.25) is 0 Å². The molecule has 5 heteroatoms. The van der Waals surface area contributed by atoms with E-state index >= 15 is 0 Å². The molecule has 0 unspecified atom stereocenters. The molecule has 0 saturated heterocycles. The summed E-state index contributed by atoms with van der Waals surface area (Å²) in [6, 6.07) is 10.9. The van der Waals surface area contributed by atoms with Crippen molar-refractivity contribution in [3.63, 3.8) is 0 Å². The fraction of sp³-hybridized carbons (Fsp3) is 0.188. The molecule has 0 aromatic heterocycles. The molecule has 1 amide bonds. The first-order valence-corrected chi connectivity index (χ1v) is 7.13. The van der Waals surface area contributed by atoms with Gasteiger partial charge in [-0.2, -0.15) is 0 Å². The molecule has 2 aromatic carbocycles. The van der Waals surface area contributed by atoms with Gasteiger partial charge in [-0.25, -0.2) is 0 Å². The Kier molecular flexibility index (Phi) is 4.85. The van der Waals surface area contributed by atoms with Crippen molar-refractivity contribution < 1.29 is 14.3 Å². The number of rotatable bonds is 4. The first kappa shape index (κ1) is 15.4. The van der Waals surface area contributed by atoms with E-state index in [-0.39, 0.29) is 5.91 Å². The zero-order valence-electron chi connectivity index (χ0n) is 12.1. The van der Waals surface area contributed by atoms with E-state index in [1.54, 1.807) is 32.4 Å². The number of amides is 1. The molecule has 21 heavy (non-hydrogen) atoms. The number of benzene rings is 2. The Labute approximate surface area is 132 Å². The monoisotopic (exact) mass is 349 g/mol. The van der Waals surface area contributed by atoms with E-state index in [0.29, 0.717) is 22.7 Å². The van der Waals surface area contributed by atoms with E-state index < -0.39 is 0 Å². The molecule has 0 aliphatic rings. The maximum atomic E-state index is 12.4. The topological polar surface area (TPSA) is 47.6 Å². The highest BCUT2D eigenvalue weighted by molar-refractivity contribution is 9.10. The van der Waals surface area contributed by atoms with Crippen LogP contribution in [0, 0.1) is 6.92 Å². The van der Waals surface area contributed by atoms with Gasteiger partial charge in [-0.15, -0.1) is 0 Å². The summed E-state index contributed by atoms with van der Waals surface area (Å²) in [6.45, 7) is 1.94. The van der Waals surface area contributed by atoms with Gasteiger partial charge in [0.05, 0.1) is 19.8 Å². The smallest absolute Gasteiger partial charge is 0.256 e. The highest BCUT2D eigenvalue weighted by atomic mass is 79.9. The van der Waals surface area contributed by atoms with E-state index in [1.807, 2.05) is 25.1 Å². The normalized spacial score (nSPS) is 10.1. The first-order valence-electron chi connectivity index (χ1n) is 6.34. The summed E-state index contributed by atoms with van der Waals surface area (Å²) in [7, 11) is 3.13. The third kappa shape index (κ3) is 3.76. The van der Waals surface area contributed by atoms with Gasteiger partial charge in [-0.3, -0.25) is 4.79 Å². The summed E-state index contributed by atoms with van der Waals surface area (Å²) in [6.07, 6.45) is 0. The highest BCUT2D eigenvalue weighted by Gasteiger charge is 2.12. The predicted molar refractivity (Wildman–Crippen MR) is 86.4 cm³/mol. The van der Waals surface area contributed by atoms with E-state index in [4.69, 9.17) is 9.47 Å². The Hall–Kier alpha value is -2.01. The van der Waals surface area contributed by atoms with Crippen LogP contribution in [-0.4, -0.2) is 20.1 Å². The lowest BCUT2D eigenvalue weighted by Gasteiger charge is -2.11. The van der Waals surface area contributed by atoms with Gasteiger partial charge in [0.15, 0.2) is 0 Å². The van der Waals surface area contributed by atoms with Gasteiger partial charge in [-0.1, -0.05) is 11.6 Å². The molecule has 0 aliphatic heterocycles. The van der Waals surface area contributed by atoms with E-state index in [1.165, 1.54) is 0 Å².